The molecule has 1 aromatic rings. The molecule has 23 heavy (non-hydrogen) atoms. The fourth-order valence-electron chi connectivity index (χ4n) is 2.68. The van der Waals surface area contributed by atoms with Crippen molar-refractivity contribution in [1.29, 1.82) is 0 Å². The average Bonchev–Trinajstić information content (AvgIpc) is 3.07. The number of hydrogen-bond acceptors (Lipinski definition) is 5. The van der Waals surface area contributed by atoms with E-state index in [0.717, 1.165) is 65.1 Å². The molecule has 0 spiro atoms. The molecule has 1 heterocycles. The molecule has 0 aliphatic heterocycles. The van der Waals surface area contributed by atoms with Crippen molar-refractivity contribution in [2.45, 2.75) is 44.9 Å². The van der Waals surface area contributed by atoms with Crippen molar-refractivity contribution in [1.82, 2.24) is 20.2 Å². The molecule has 1 aromatic heterocycles. The van der Waals surface area contributed by atoms with Gasteiger partial charge in [0.1, 0.15) is 0 Å². The number of nitrogens with zero attached hydrogens (tertiary/aromatic N) is 2. The van der Waals surface area contributed by atoms with Crippen LogP contribution in [0.3, 0.4) is 0 Å². The van der Waals surface area contributed by atoms with E-state index in [1.54, 1.807) is 6.33 Å². The molecule has 134 valence electrons. The second-order valence-electron chi connectivity index (χ2n) is 6.12. The molecule has 0 fully saturated rings. The number of H-pyrrole nitrogens is 1. The zero-order valence-electron chi connectivity index (χ0n) is 14.6. The van der Waals surface area contributed by atoms with E-state index >= 15 is 0 Å². The summed E-state index contributed by atoms with van der Waals surface area (Å²) >= 11 is 0. The molecule has 0 saturated heterocycles. The number of rotatable bonds is 16. The Labute approximate surface area is 141 Å². The molecule has 0 bridgehead atoms. The van der Waals surface area contributed by atoms with Crippen molar-refractivity contribution < 1.29 is 0 Å². The molecular weight excluding hydrogens is 288 g/mol. The third-order valence-corrected chi connectivity index (χ3v) is 4.04. The lowest BCUT2D eigenvalue weighted by molar-refractivity contribution is 0.261. The highest BCUT2D eigenvalue weighted by atomic mass is 15.1. The number of nitrogens with one attached hydrogen (secondary N) is 2. The lowest BCUT2D eigenvalue weighted by atomic mass is 10.2. The predicted molar refractivity (Wildman–Crippen MR) is 97.4 cm³/mol. The lowest BCUT2D eigenvalue weighted by Crippen LogP contribution is -2.30. The Morgan fingerprint density at radius 2 is 1.61 bits per heavy atom. The highest BCUT2D eigenvalue weighted by Gasteiger charge is 2.05. The summed E-state index contributed by atoms with van der Waals surface area (Å²) in [6, 6.07) is 0. The average molecular weight is 325 g/mol. The number of aromatic nitrogens is 2. The number of hydrogen-bond donors (Lipinski definition) is 4. The van der Waals surface area contributed by atoms with Gasteiger partial charge in [0.15, 0.2) is 0 Å². The molecule has 0 aliphatic rings. The second kappa shape index (κ2) is 14.6. The first kappa shape index (κ1) is 20.1. The minimum Gasteiger partial charge on any atom is -0.348 e. The maximum Gasteiger partial charge on any atom is 0.0921 e. The van der Waals surface area contributed by atoms with Crippen LogP contribution in [0.4, 0.5) is 0 Å². The van der Waals surface area contributed by atoms with Crippen LogP contribution >= 0.6 is 0 Å². The van der Waals surface area contributed by atoms with Crippen molar-refractivity contribution >= 4 is 0 Å². The van der Waals surface area contributed by atoms with Gasteiger partial charge in [-0.2, -0.15) is 0 Å². The molecule has 0 amide bonds. The van der Waals surface area contributed by atoms with Crippen molar-refractivity contribution in [3.63, 3.8) is 0 Å². The lowest BCUT2D eigenvalue weighted by Gasteiger charge is -2.22. The van der Waals surface area contributed by atoms with Gasteiger partial charge in [-0.15, -0.1) is 0 Å². The number of imidazole rings is 1. The first-order valence-electron chi connectivity index (χ1n) is 9.17. The minimum absolute atomic E-state index is 0.796. The summed E-state index contributed by atoms with van der Waals surface area (Å²) in [5, 5.41) is 3.51. The number of unbranched alkanes of at least 4 members (excludes halogenated alkanes) is 2. The molecule has 0 unspecified atom stereocenters. The summed E-state index contributed by atoms with van der Waals surface area (Å²) in [5.41, 5.74) is 12.3. The molecule has 0 atom stereocenters. The van der Waals surface area contributed by atoms with Gasteiger partial charge < -0.3 is 26.7 Å². The van der Waals surface area contributed by atoms with Crippen LogP contribution in [-0.4, -0.2) is 60.7 Å². The van der Waals surface area contributed by atoms with Crippen LogP contribution in [0.25, 0.3) is 0 Å². The van der Waals surface area contributed by atoms with E-state index in [9.17, 15) is 0 Å². The van der Waals surface area contributed by atoms with Crippen LogP contribution in [0.5, 0.6) is 0 Å². The third kappa shape index (κ3) is 11.3. The van der Waals surface area contributed by atoms with Crippen LogP contribution in [0.2, 0.25) is 0 Å². The summed E-state index contributed by atoms with van der Waals surface area (Å²) in [6.45, 7) is 7.25. The quantitative estimate of drug-likeness (QED) is 0.342. The standard InChI is InChI=1S/C17H36N6/c18-8-1-3-10-20-11-6-14-23(12-4-2-9-19)13-5-7-17-15-21-16-22-17/h15-16,20H,1-14,18-19H2,(H,21,22). The van der Waals surface area contributed by atoms with Crippen LogP contribution in [0.1, 0.15) is 44.2 Å². The Morgan fingerprint density at radius 1 is 0.913 bits per heavy atom. The highest BCUT2D eigenvalue weighted by Crippen LogP contribution is 2.02. The SMILES string of the molecule is NCCCCNCCCN(CCCCN)CCCc1cnc[nH]1. The number of nitrogens with two attached hydrogens (primary N) is 2. The largest absolute Gasteiger partial charge is 0.348 e. The van der Waals surface area contributed by atoms with E-state index in [0.29, 0.717) is 0 Å². The smallest absolute Gasteiger partial charge is 0.0921 e. The summed E-state index contributed by atoms with van der Waals surface area (Å²) in [6.07, 6.45) is 11.7. The molecule has 0 radical (unpaired) electrons. The van der Waals surface area contributed by atoms with Crippen LogP contribution in [-0.2, 0) is 6.42 Å². The normalized spacial score (nSPS) is 11.4. The van der Waals surface area contributed by atoms with E-state index in [-0.39, 0.29) is 0 Å². The van der Waals surface area contributed by atoms with Crippen molar-refractivity contribution in [2.24, 2.45) is 11.5 Å². The van der Waals surface area contributed by atoms with Crippen molar-refractivity contribution in [3.8, 4) is 0 Å². The maximum absolute atomic E-state index is 5.61. The third-order valence-electron chi connectivity index (χ3n) is 4.04. The fraction of sp³-hybridized carbons (Fsp3) is 0.824. The molecular formula is C17H36N6. The maximum atomic E-state index is 5.61. The number of aromatic amines is 1. The van der Waals surface area contributed by atoms with E-state index in [1.165, 1.54) is 31.4 Å². The Balaban J connectivity index is 2.11. The van der Waals surface area contributed by atoms with Gasteiger partial charge in [-0.3, -0.25) is 0 Å². The van der Waals surface area contributed by atoms with Crippen LogP contribution < -0.4 is 16.8 Å². The predicted octanol–water partition coefficient (Wildman–Crippen LogP) is 1.10. The summed E-state index contributed by atoms with van der Waals surface area (Å²) in [4.78, 5) is 9.82. The second-order valence-corrected chi connectivity index (χ2v) is 6.12. The van der Waals surface area contributed by atoms with Crippen molar-refractivity contribution in [3.05, 3.63) is 18.2 Å². The number of aryl methyl sites for hydroxylation is 1. The molecule has 0 aromatic carbocycles. The summed E-state index contributed by atoms with van der Waals surface area (Å²) in [5.74, 6) is 0. The van der Waals surface area contributed by atoms with E-state index in [4.69, 9.17) is 11.5 Å². The monoisotopic (exact) mass is 324 g/mol. The molecule has 0 aliphatic carbocycles. The Hall–Kier alpha value is -0.950. The van der Waals surface area contributed by atoms with Gasteiger partial charge in [0.25, 0.3) is 0 Å². The Kier molecular flexibility index (Phi) is 12.8. The van der Waals surface area contributed by atoms with E-state index < -0.39 is 0 Å². The van der Waals surface area contributed by atoms with E-state index in [2.05, 4.69) is 20.2 Å². The van der Waals surface area contributed by atoms with Gasteiger partial charge in [0, 0.05) is 11.9 Å². The minimum atomic E-state index is 0.796. The zero-order chi connectivity index (χ0) is 16.6. The summed E-state index contributed by atoms with van der Waals surface area (Å²) < 4.78 is 0. The first-order chi connectivity index (χ1) is 11.4. The van der Waals surface area contributed by atoms with Gasteiger partial charge in [0.05, 0.1) is 6.33 Å². The summed E-state index contributed by atoms with van der Waals surface area (Å²) in [7, 11) is 0. The Morgan fingerprint density at radius 3 is 2.35 bits per heavy atom. The Bertz CT molecular complexity index is 341. The topological polar surface area (TPSA) is 96.0 Å². The van der Waals surface area contributed by atoms with Crippen LogP contribution in [0, 0.1) is 0 Å². The highest BCUT2D eigenvalue weighted by molar-refractivity contribution is 4.93. The molecule has 6 heteroatoms. The molecule has 6 N–H and O–H groups in total. The van der Waals surface area contributed by atoms with Crippen molar-refractivity contribution in [2.75, 3.05) is 45.8 Å². The fourth-order valence-corrected chi connectivity index (χ4v) is 2.68. The van der Waals surface area contributed by atoms with Gasteiger partial charge in [0.2, 0.25) is 0 Å². The molecule has 6 nitrogen and oxygen atoms in total. The van der Waals surface area contributed by atoms with Gasteiger partial charge in [-0.25, -0.2) is 4.98 Å². The van der Waals surface area contributed by atoms with E-state index in [1.807, 2.05) is 6.20 Å². The van der Waals surface area contributed by atoms with Crippen LogP contribution in [0.15, 0.2) is 12.5 Å². The molecule has 1 rings (SSSR count). The zero-order valence-corrected chi connectivity index (χ0v) is 14.6. The first-order valence-corrected chi connectivity index (χ1v) is 9.17. The molecule has 0 saturated carbocycles. The van der Waals surface area contributed by atoms with Gasteiger partial charge in [-0.1, -0.05) is 0 Å². The van der Waals surface area contributed by atoms with Gasteiger partial charge in [-0.05, 0) is 90.8 Å². The van der Waals surface area contributed by atoms with Gasteiger partial charge >= 0.3 is 0 Å².